The molecule has 6 heteroatoms. The zero-order chi connectivity index (χ0) is 19.9. The third-order valence-corrected chi connectivity index (χ3v) is 5.15. The molecular weight excluding hydrogens is 362 g/mol. The van der Waals surface area contributed by atoms with Crippen LogP contribution in [0.15, 0.2) is 42.5 Å². The Bertz CT molecular complexity index is 793. The van der Waals surface area contributed by atoms with E-state index in [9.17, 15) is 13.6 Å². The first kappa shape index (κ1) is 20.3. The van der Waals surface area contributed by atoms with Gasteiger partial charge in [0.25, 0.3) is 5.91 Å². The lowest BCUT2D eigenvalue weighted by Gasteiger charge is -2.33. The van der Waals surface area contributed by atoms with Crippen LogP contribution in [0.3, 0.4) is 0 Å². The topological polar surface area (TPSA) is 55.6 Å². The summed E-state index contributed by atoms with van der Waals surface area (Å²) < 4.78 is 33.0. The zero-order valence-electron chi connectivity index (χ0n) is 15.9. The zero-order valence-corrected chi connectivity index (χ0v) is 15.9. The Morgan fingerprint density at radius 1 is 1.18 bits per heavy atom. The lowest BCUT2D eigenvalue weighted by Crippen LogP contribution is -2.35. The Morgan fingerprint density at radius 2 is 1.93 bits per heavy atom. The van der Waals surface area contributed by atoms with Gasteiger partial charge in [0.1, 0.15) is 17.4 Å². The molecule has 0 bridgehead atoms. The van der Waals surface area contributed by atoms with Crippen molar-refractivity contribution in [3.8, 4) is 5.75 Å². The maximum atomic E-state index is 13.8. The average Bonchev–Trinajstić information content (AvgIpc) is 2.67. The van der Waals surface area contributed by atoms with Crippen molar-refractivity contribution in [2.75, 3.05) is 19.7 Å². The van der Waals surface area contributed by atoms with Crippen molar-refractivity contribution in [3.63, 3.8) is 0 Å². The summed E-state index contributed by atoms with van der Waals surface area (Å²) in [5.74, 6) is -0.376. The van der Waals surface area contributed by atoms with E-state index in [1.807, 2.05) is 18.2 Å². The number of hydrogen-bond acceptors (Lipinski definition) is 3. The molecule has 1 unspecified atom stereocenters. The number of benzene rings is 2. The van der Waals surface area contributed by atoms with E-state index in [1.54, 1.807) is 6.07 Å². The Morgan fingerprint density at radius 3 is 2.68 bits per heavy atom. The molecule has 0 spiro atoms. The smallest absolute Gasteiger partial charge is 0.255 e. The second-order valence-corrected chi connectivity index (χ2v) is 7.38. The van der Waals surface area contributed by atoms with Gasteiger partial charge in [-0.1, -0.05) is 18.2 Å². The molecule has 1 atom stereocenters. The van der Waals surface area contributed by atoms with Crippen molar-refractivity contribution in [1.82, 2.24) is 4.90 Å². The number of primary amides is 1. The number of ether oxygens (including phenoxy) is 1. The van der Waals surface area contributed by atoms with Crippen LogP contribution in [-0.2, 0) is 17.8 Å². The van der Waals surface area contributed by atoms with Crippen molar-refractivity contribution in [3.05, 3.63) is 65.2 Å². The van der Waals surface area contributed by atoms with E-state index in [2.05, 4.69) is 4.90 Å². The van der Waals surface area contributed by atoms with Crippen LogP contribution in [0.25, 0.3) is 0 Å². The third kappa shape index (κ3) is 5.76. The maximum Gasteiger partial charge on any atom is 0.255 e. The second-order valence-electron chi connectivity index (χ2n) is 7.38. The fourth-order valence-electron chi connectivity index (χ4n) is 3.80. The van der Waals surface area contributed by atoms with E-state index in [0.29, 0.717) is 18.1 Å². The number of nitrogens with two attached hydrogens (primary N) is 1. The van der Waals surface area contributed by atoms with Crippen molar-refractivity contribution in [2.24, 2.45) is 11.7 Å². The molecule has 28 heavy (non-hydrogen) atoms. The standard InChI is InChI=1S/C22H26F2N2O2/c23-20-7-2-8-21(24)19(20)10-9-16-5-3-11-26(13-16)14-17-4-1-6-18(12-17)28-15-22(25)27/h1-2,4,6-8,12,16H,3,5,9-11,13-15H2,(H2,25,27). The summed E-state index contributed by atoms with van der Waals surface area (Å²) in [6, 6.07) is 11.7. The molecule has 1 aliphatic rings. The van der Waals surface area contributed by atoms with Crippen molar-refractivity contribution < 1.29 is 18.3 Å². The fourth-order valence-corrected chi connectivity index (χ4v) is 3.80. The summed E-state index contributed by atoms with van der Waals surface area (Å²) in [5, 5.41) is 0. The molecule has 2 aromatic rings. The Hall–Kier alpha value is -2.47. The van der Waals surface area contributed by atoms with Gasteiger partial charge < -0.3 is 10.5 Å². The van der Waals surface area contributed by atoms with Gasteiger partial charge >= 0.3 is 0 Å². The van der Waals surface area contributed by atoms with Gasteiger partial charge in [0.15, 0.2) is 6.61 Å². The summed E-state index contributed by atoms with van der Waals surface area (Å²) in [7, 11) is 0. The lowest BCUT2D eigenvalue weighted by atomic mass is 9.91. The molecular formula is C22H26F2N2O2. The first-order chi connectivity index (χ1) is 13.5. The third-order valence-electron chi connectivity index (χ3n) is 5.15. The van der Waals surface area contributed by atoms with Crippen LogP contribution in [0.5, 0.6) is 5.75 Å². The number of carbonyl (C=O) groups is 1. The van der Waals surface area contributed by atoms with Gasteiger partial charge in [0.2, 0.25) is 0 Å². The molecule has 1 aliphatic heterocycles. The van der Waals surface area contributed by atoms with Crippen LogP contribution >= 0.6 is 0 Å². The SMILES string of the molecule is NC(=O)COc1cccc(CN2CCCC(CCc3c(F)cccc3F)C2)c1. The number of hydrogen-bond donors (Lipinski definition) is 1. The molecule has 1 fully saturated rings. The van der Waals surface area contributed by atoms with Gasteiger partial charge in [-0.15, -0.1) is 0 Å². The minimum atomic E-state index is -0.504. The van der Waals surface area contributed by atoms with Crippen LogP contribution in [0.2, 0.25) is 0 Å². The molecule has 2 N–H and O–H groups in total. The monoisotopic (exact) mass is 388 g/mol. The molecule has 0 saturated carbocycles. The van der Waals surface area contributed by atoms with Crippen molar-refractivity contribution >= 4 is 5.91 Å². The van der Waals surface area contributed by atoms with E-state index in [1.165, 1.54) is 18.2 Å². The van der Waals surface area contributed by atoms with Gasteiger partial charge in [-0.3, -0.25) is 9.69 Å². The van der Waals surface area contributed by atoms with Gasteiger partial charge in [-0.25, -0.2) is 8.78 Å². The molecule has 1 heterocycles. The molecule has 0 radical (unpaired) electrons. The molecule has 4 nitrogen and oxygen atoms in total. The number of piperidine rings is 1. The number of nitrogens with zero attached hydrogens (tertiary/aromatic N) is 1. The average molecular weight is 388 g/mol. The highest BCUT2D eigenvalue weighted by molar-refractivity contribution is 5.75. The van der Waals surface area contributed by atoms with E-state index >= 15 is 0 Å². The van der Waals surface area contributed by atoms with Crippen LogP contribution in [0.1, 0.15) is 30.4 Å². The minimum absolute atomic E-state index is 0.137. The van der Waals surface area contributed by atoms with Gasteiger partial charge in [0, 0.05) is 18.7 Å². The van der Waals surface area contributed by atoms with Crippen LogP contribution in [0.4, 0.5) is 8.78 Å². The van der Waals surface area contributed by atoms with Crippen LogP contribution in [0, 0.1) is 17.6 Å². The van der Waals surface area contributed by atoms with Crippen LogP contribution in [-0.4, -0.2) is 30.5 Å². The Kier molecular flexibility index (Phi) is 6.98. The summed E-state index contributed by atoms with van der Waals surface area (Å²) in [4.78, 5) is 13.2. The number of halogens is 2. The molecule has 3 rings (SSSR count). The highest BCUT2D eigenvalue weighted by Gasteiger charge is 2.21. The largest absolute Gasteiger partial charge is 0.484 e. The summed E-state index contributed by atoms with van der Waals surface area (Å²) in [5.41, 5.74) is 6.41. The number of carbonyl (C=O) groups excluding carboxylic acids is 1. The predicted molar refractivity (Wildman–Crippen MR) is 104 cm³/mol. The quantitative estimate of drug-likeness (QED) is 0.751. The molecule has 0 aliphatic carbocycles. The first-order valence-electron chi connectivity index (χ1n) is 9.66. The van der Waals surface area contributed by atoms with E-state index in [-0.39, 0.29) is 12.2 Å². The van der Waals surface area contributed by atoms with Crippen molar-refractivity contribution in [1.29, 1.82) is 0 Å². The number of likely N-dealkylation sites (tertiary alicyclic amines) is 1. The summed E-state index contributed by atoms with van der Waals surface area (Å²) in [6.45, 7) is 2.54. The van der Waals surface area contributed by atoms with Gasteiger partial charge in [-0.2, -0.15) is 0 Å². The Labute approximate surface area is 164 Å². The van der Waals surface area contributed by atoms with E-state index < -0.39 is 17.5 Å². The molecule has 2 aromatic carbocycles. The molecule has 150 valence electrons. The minimum Gasteiger partial charge on any atom is -0.484 e. The van der Waals surface area contributed by atoms with Crippen LogP contribution < -0.4 is 10.5 Å². The first-order valence-corrected chi connectivity index (χ1v) is 9.66. The van der Waals surface area contributed by atoms with E-state index in [0.717, 1.165) is 44.5 Å². The van der Waals surface area contributed by atoms with Gasteiger partial charge in [0.05, 0.1) is 0 Å². The van der Waals surface area contributed by atoms with E-state index in [4.69, 9.17) is 10.5 Å². The Balaban J connectivity index is 1.53. The number of amides is 1. The predicted octanol–water partition coefficient (Wildman–Crippen LogP) is 3.67. The lowest BCUT2D eigenvalue weighted by molar-refractivity contribution is -0.119. The molecule has 0 aromatic heterocycles. The second kappa shape index (κ2) is 9.64. The molecule has 1 saturated heterocycles. The molecule has 1 amide bonds. The highest BCUT2D eigenvalue weighted by Crippen LogP contribution is 2.25. The van der Waals surface area contributed by atoms with Gasteiger partial charge in [-0.05, 0) is 68.0 Å². The highest BCUT2D eigenvalue weighted by atomic mass is 19.1. The normalized spacial score (nSPS) is 17.4. The summed E-state index contributed by atoms with van der Waals surface area (Å²) >= 11 is 0. The van der Waals surface area contributed by atoms with Crippen molar-refractivity contribution in [2.45, 2.75) is 32.2 Å². The fraction of sp³-hybridized carbons (Fsp3) is 0.409. The number of rotatable bonds is 8. The summed E-state index contributed by atoms with van der Waals surface area (Å²) in [6.07, 6.45) is 3.35. The maximum absolute atomic E-state index is 13.8.